The van der Waals surface area contributed by atoms with Crippen molar-refractivity contribution in [1.29, 1.82) is 0 Å². The van der Waals surface area contributed by atoms with Crippen LogP contribution in [-0.2, 0) is 14.2 Å². The van der Waals surface area contributed by atoms with Gasteiger partial charge in [0.1, 0.15) is 36.0 Å². The Labute approximate surface area is 165 Å². The van der Waals surface area contributed by atoms with E-state index in [1.807, 2.05) is 0 Å². The minimum absolute atomic E-state index is 0.00702. The summed E-state index contributed by atoms with van der Waals surface area (Å²) in [6.45, 7) is -0.288. The highest BCUT2D eigenvalue weighted by atomic mass is 32.2. The summed E-state index contributed by atoms with van der Waals surface area (Å²) < 4.78 is 16.1. The highest BCUT2D eigenvalue weighted by Gasteiger charge is 2.43. The van der Waals surface area contributed by atoms with Crippen molar-refractivity contribution in [2.45, 2.75) is 67.3 Å². The van der Waals surface area contributed by atoms with Crippen LogP contribution in [0.5, 0.6) is 0 Å². The fraction of sp³-hybridized carbons (Fsp3) is 1.00. The quantitative estimate of drug-likeness (QED) is 0.105. The van der Waals surface area contributed by atoms with Gasteiger partial charge in [0.15, 0.2) is 6.29 Å². The molecule has 0 amide bonds. The third kappa shape index (κ3) is 6.15. The SMILES string of the molecule is [N-]=[N+]=NCC1C[C@H](O)C(OCCCS[C@@H]2OC(CO)[C@H](O)[C@H](O)C2O)[C@@H](O)O1. The Kier molecular flexibility index (Phi) is 9.66. The van der Waals surface area contributed by atoms with E-state index < -0.39 is 61.1 Å². The van der Waals surface area contributed by atoms with Crippen molar-refractivity contribution in [2.75, 3.05) is 25.5 Å². The number of rotatable bonds is 9. The fourth-order valence-electron chi connectivity index (χ4n) is 3.05. The molecule has 6 N–H and O–H groups in total. The molecule has 0 spiro atoms. The lowest BCUT2D eigenvalue weighted by atomic mass is 10.0. The minimum atomic E-state index is -1.41. The maximum absolute atomic E-state index is 10.1. The molecule has 0 aromatic rings. The second-order valence-corrected chi connectivity index (χ2v) is 7.83. The van der Waals surface area contributed by atoms with Crippen LogP contribution in [-0.4, -0.2) is 111 Å². The van der Waals surface area contributed by atoms with E-state index in [9.17, 15) is 25.5 Å². The van der Waals surface area contributed by atoms with Crippen molar-refractivity contribution in [3.05, 3.63) is 10.4 Å². The molecule has 0 saturated carbocycles. The number of aliphatic hydroxyl groups is 6. The summed E-state index contributed by atoms with van der Waals surface area (Å²) in [6, 6.07) is 0. The van der Waals surface area contributed by atoms with Crippen LogP contribution in [0.3, 0.4) is 0 Å². The molecule has 2 rings (SSSR count). The van der Waals surface area contributed by atoms with E-state index >= 15 is 0 Å². The van der Waals surface area contributed by atoms with Crippen molar-refractivity contribution in [3.8, 4) is 0 Å². The highest BCUT2D eigenvalue weighted by Crippen LogP contribution is 2.29. The van der Waals surface area contributed by atoms with E-state index in [0.29, 0.717) is 12.2 Å². The molecule has 9 atom stereocenters. The Morgan fingerprint density at radius 2 is 1.86 bits per heavy atom. The summed E-state index contributed by atoms with van der Waals surface area (Å²) >= 11 is 1.19. The van der Waals surface area contributed by atoms with Crippen LogP contribution < -0.4 is 0 Å². The Hall–Kier alpha value is -0.700. The maximum Gasteiger partial charge on any atom is 0.183 e. The number of ether oxygens (including phenoxy) is 3. The van der Waals surface area contributed by atoms with Gasteiger partial charge >= 0.3 is 0 Å². The topological polar surface area (TPSA) is 198 Å². The zero-order valence-corrected chi connectivity index (χ0v) is 15.9. The molecular weight excluding hydrogens is 398 g/mol. The Morgan fingerprint density at radius 1 is 1.11 bits per heavy atom. The monoisotopic (exact) mass is 425 g/mol. The van der Waals surface area contributed by atoms with Crippen molar-refractivity contribution in [1.82, 2.24) is 0 Å². The number of nitrogens with zero attached hydrogens (tertiary/aromatic N) is 3. The second kappa shape index (κ2) is 11.5. The van der Waals surface area contributed by atoms with Gasteiger partial charge < -0.3 is 44.8 Å². The third-order valence-corrected chi connectivity index (χ3v) is 5.82. The average molecular weight is 425 g/mol. The molecule has 0 radical (unpaired) electrons. The summed E-state index contributed by atoms with van der Waals surface area (Å²) in [4.78, 5) is 2.61. The first-order valence-corrected chi connectivity index (χ1v) is 10.00. The van der Waals surface area contributed by atoms with Crippen LogP contribution in [0.2, 0.25) is 0 Å². The van der Waals surface area contributed by atoms with Crippen LogP contribution in [0.4, 0.5) is 0 Å². The van der Waals surface area contributed by atoms with Gasteiger partial charge in [-0.25, -0.2) is 0 Å². The third-order valence-electron chi connectivity index (χ3n) is 4.57. The molecule has 4 unspecified atom stereocenters. The van der Waals surface area contributed by atoms with E-state index in [1.54, 1.807) is 0 Å². The first kappa shape index (κ1) is 23.6. The van der Waals surface area contributed by atoms with E-state index in [2.05, 4.69) is 10.0 Å². The van der Waals surface area contributed by atoms with E-state index in [0.717, 1.165) is 0 Å². The van der Waals surface area contributed by atoms with Gasteiger partial charge in [-0.2, -0.15) is 0 Å². The Morgan fingerprint density at radius 3 is 2.50 bits per heavy atom. The average Bonchev–Trinajstić information content (AvgIpc) is 2.67. The standard InChI is InChI=1S/C15H27N3O9S/c16-18-17-5-7-4-8(20)13(14(24)26-7)25-2-1-3-28-15-12(23)11(22)10(21)9(6-19)27-15/h7-15,19-24H,1-6H2/t7?,8-,9?,10-,11-,12?,13?,14-,15-/m0/s1. The van der Waals surface area contributed by atoms with Gasteiger partial charge in [-0.15, -0.1) is 11.8 Å². The Balaban J connectivity index is 1.69. The molecule has 2 fully saturated rings. The molecule has 2 heterocycles. The van der Waals surface area contributed by atoms with Crippen LogP contribution in [0, 0.1) is 0 Å². The van der Waals surface area contributed by atoms with Crippen molar-refractivity contribution in [2.24, 2.45) is 5.11 Å². The van der Waals surface area contributed by atoms with Gasteiger partial charge in [-0.1, -0.05) is 5.11 Å². The number of hydrogen-bond acceptors (Lipinski definition) is 11. The molecule has 0 aromatic carbocycles. The van der Waals surface area contributed by atoms with Gasteiger partial charge in [0.05, 0.1) is 25.4 Å². The molecule has 2 saturated heterocycles. The molecule has 0 aromatic heterocycles. The lowest BCUT2D eigenvalue weighted by Gasteiger charge is -2.39. The van der Waals surface area contributed by atoms with Gasteiger partial charge in [0, 0.05) is 17.9 Å². The highest BCUT2D eigenvalue weighted by molar-refractivity contribution is 7.99. The summed E-state index contributed by atoms with van der Waals surface area (Å²) in [7, 11) is 0. The molecule has 12 nitrogen and oxygen atoms in total. The van der Waals surface area contributed by atoms with Crippen LogP contribution in [0.15, 0.2) is 5.11 Å². The molecule has 0 bridgehead atoms. The van der Waals surface area contributed by atoms with Crippen LogP contribution in [0.25, 0.3) is 10.4 Å². The summed E-state index contributed by atoms with van der Waals surface area (Å²) in [5.74, 6) is 0.460. The van der Waals surface area contributed by atoms with Gasteiger partial charge in [0.2, 0.25) is 0 Å². The number of hydrogen-bond donors (Lipinski definition) is 6. The normalized spacial score (nSPS) is 41.4. The van der Waals surface area contributed by atoms with Gasteiger partial charge in [-0.05, 0) is 17.7 Å². The number of azide groups is 1. The lowest BCUT2D eigenvalue weighted by molar-refractivity contribution is -0.257. The Bertz CT molecular complexity index is 513. The maximum atomic E-state index is 10.1. The van der Waals surface area contributed by atoms with Crippen LogP contribution >= 0.6 is 11.8 Å². The van der Waals surface area contributed by atoms with E-state index in [4.69, 9.17) is 24.8 Å². The molecular formula is C15H27N3O9S. The molecule has 13 heteroatoms. The molecule has 162 valence electrons. The molecule has 0 aliphatic carbocycles. The predicted molar refractivity (Wildman–Crippen MR) is 96.1 cm³/mol. The zero-order chi connectivity index (χ0) is 20.7. The van der Waals surface area contributed by atoms with Crippen molar-refractivity contribution in [3.63, 3.8) is 0 Å². The molecule has 2 aliphatic rings. The van der Waals surface area contributed by atoms with Gasteiger partial charge in [-0.3, -0.25) is 0 Å². The minimum Gasteiger partial charge on any atom is -0.394 e. The zero-order valence-electron chi connectivity index (χ0n) is 15.1. The van der Waals surface area contributed by atoms with E-state index in [1.165, 1.54) is 11.8 Å². The number of thioether (sulfide) groups is 1. The molecule has 2 aliphatic heterocycles. The largest absolute Gasteiger partial charge is 0.394 e. The van der Waals surface area contributed by atoms with Crippen LogP contribution in [0.1, 0.15) is 12.8 Å². The predicted octanol–water partition coefficient (Wildman–Crippen LogP) is -1.93. The summed E-state index contributed by atoms with van der Waals surface area (Å²) in [5.41, 5.74) is 7.49. The lowest BCUT2D eigenvalue weighted by Crippen LogP contribution is -2.57. The van der Waals surface area contributed by atoms with Crippen molar-refractivity contribution >= 4 is 11.8 Å². The first-order valence-electron chi connectivity index (χ1n) is 8.95. The van der Waals surface area contributed by atoms with E-state index in [-0.39, 0.29) is 19.6 Å². The van der Waals surface area contributed by atoms with Crippen molar-refractivity contribution < 1.29 is 44.8 Å². The smallest absolute Gasteiger partial charge is 0.183 e. The fourth-order valence-corrected chi connectivity index (χ4v) is 4.14. The van der Waals surface area contributed by atoms with Gasteiger partial charge in [0.25, 0.3) is 0 Å². The summed E-state index contributed by atoms with van der Waals surface area (Å²) in [5, 5.41) is 62.0. The summed E-state index contributed by atoms with van der Waals surface area (Å²) in [6.07, 6.45) is -8.23. The number of aliphatic hydroxyl groups excluding tert-OH is 6. The first-order chi connectivity index (χ1) is 13.4. The molecule has 28 heavy (non-hydrogen) atoms. The second-order valence-electron chi connectivity index (χ2n) is 6.62.